The highest BCUT2D eigenvalue weighted by atomic mass is 16.4. The van der Waals surface area contributed by atoms with Gasteiger partial charge in [-0.3, -0.25) is 4.79 Å². The van der Waals surface area contributed by atoms with Crippen molar-refractivity contribution in [1.29, 1.82) is 0 Å². The monoisotopic (exact) mass is 311 g/mol. The first-order valence-corrected chi connectivity index (χ1v) is 7.54. The number of carbonyl (C=O) groups is 3. The minimum Gasteiger partial charge on any atom is -0.464 e. The lowest BCUT2D eigenvalue weighted by Crippen LogP contribution is -2.65. The number of nitrogens with zero attached hydrogens (tertiary/aromatic N) is 1. The van der Waals surface area contributed by atoms with Gasteiger partial charge in [-0.25, -0.2) is 9.59 Å². The fourth-order valence-corrected chi connectivity index (χ4v) is 4.52. The highest BCUT2D eigenvalue weighted by molar-refractivity contribution is 6.06. The third kappa shape index (κ3) is 1.75. The quantitative estimate of drug-likeness (QED) is 0.773. The van der Waals surface area contributed by atoms with Crippen molar-refractivity contribution in [1.82, 2.24) is 4.90 Å². The van der Waals surface area contributed by atoms with Crippen molar-refractivity contribution in [3.63, 3.8) is 0 Å². The molecule has 6 heteroatoms. The van der Waals surface area contributed by atoms with Gasteiger partial charge in [0.2, 0.25) is 0 Å². The zero-order chi connectivity index (χ0) is 17.3. The maximum absolute atomic E-state index is 13.4. The highest BCUT2D eigenvalue weighted by Gasteiger charge is 2.80. The first-order valence-electron chi connectivity index (χ1n) is 7.54. The summed E-state index contributed by atoms with van der Waals surface area (Å²) in [7, 11) is 0. The van der Waals surface area contributed by atoms with E-state index in [1.165, 1.54) is 0 Å². The number of rotatable bonds is 1. The van der Waals surface area contributed by atoms with Crippen LogP contribution < -0.4 is 0 Å². The summed E-state index contributed by atoms with van der Waals surface area (Å²) in [4.78, 5) is 36.9. The Morgan fingerprint density at radius 2 is 1.45 bits per heavy atom. The molecule has 0 aromatic carbocycles. The third-order valence-electron chi connectivity index (χ3n) is 5.77. The van der Waals surface area contributed by atoms with Gasteiger partial charge in [0, 0.05) is 5.41 Å². The molecule has 2 saturated carbocycles. The predicted octanol–water partition coefficient (Wildman–Crippen LogP) is 3.45. The van der Waals surface area contributed by atoms with Crippen LogP contribution in [0.1, 0.15) is 54.4 Å². The van der Waals surface area contributed by atoms with E-state index in [2.05, 4.69) is 0 Å². The maximum Gasteiger partial charge on any atom is 0.417 e. The number of hydrogen-bond donors (Lipinski definition) is 2. The number of carboxylic acid groups (broad SMARTS) is 2. The van der Waals surface area contributed by atoms with Gasteiger partial charge in [0.15, 0.2) is 5.78 Å². The fraction of sp³-hybridized carbons (Fsp3) is 0.812. The number of Topliss-reactive ketones (excluding diaryl/α,β-unsaturated/α-hetero) is 1. The van der Waals surface area contributed by atoms with Crippen LogP contribution in [0.15, 0.2) is 0 Å². The van der Waals surface area contributed by atoms with Gasteiger partial charge < -0.3 is 10.2 Å². The van der Waals surface area contributed by atoms with E-state index in [0.29, 0.717) is 4.90 Å². The fourth-order valence-electron chi connectivity index (χ4n) is 4.52. The predicted molar refractivity (Wildman–Crippen MR) is 79.7 cm³/mol. The summed E-state index contributed by atoms with van der Waals surface area (Å²) in [5.74, 6) is -0.171. The van der Waals surface area contributed by atoms with E-state index in [1.54, 1.807) is 20.8 Å². The summed E-state index contributed by atoms with van der Waals surface area (Å²) in [6, 6.07) is 0. The molecule has 0 aliphatic heterocycles. The van der Waals surface area contributed by atoms with Crippen LogP contribution in [0.4, 0.5) is 9.59 Å². The van der Waals surface area contributed by atoms with Crippen molar-refractivity contribution < 1.29 is 24.6 Å². The summed E-state index contributed by atoms with van der Waals surface area (Å²) in [6.07, 6.45) is -2.16. The molecule has 3 atom stereocenters. The van der Waals surface area contributed by atoms with Crippen LogP contribution in [-0.2, 0) is 4.79 Å². The topological polar surface area (TPSA) is 94.9 Å². The Morgan fingerprint density at radius 1 is 1.00 bits per heavy atom. The van der Waals surface area contributed by atoms with Crippen LogP contribution in [-0.4, -0.2) is 38.6 Å². The zero-order valence-corrected chi connectivity index (χ0v) is 14.1. The van der Waals surface area contributed by atoms with Crippen molar-refractivity contribution in [3.05, 3.63) is 0 Å². The Hall–Kier alpha value is -1.59. The molecule has 2 fully saturated rings. The molecule has 0 heterocycles. The molecular weight excluding hydrogens is 286 g/mol. The largest absolute Gasteiger partial charge is 0.464 e. The molecule has 0 bridgehead atoms. The maximum atomic E-state index is 13.4. The van der Waals surface area contributed by atoms with E-state index in [4.69, 9.17) is 0 Å². The van der Waals surface area contributed by atoms with E-state index in [0.717, 1.165) is 6.42 Å². The lowest BCUT2D eigenvalue weighted by Gasteiger charge is -2.47. The molecule has 2 aliphatic carbocycles. The number of hydrogen-bond acceptors (Lipinski definition) is 3. The molecule has 2 aliphatic rings. The van der Waals surface area contributed by atoms with Crippen molar-refractivity contribution in [3.8, 4) is 0 Å². The smallest absolute Gasteiger partial charge is 0.417 e. The second kappa shape index (κ2) is 4.24. The van der Waals surface area contributed by atoms with Crippen LogP contribution in [0.2, 0.25) is 0 Å². The lowest BCUT2D eigenvalue weighted by molar-refractivity contribution is -0.141. The van der Waals surface area contributed by atoms with Gasteiger partial charge in [-0.15, -0.1) is 0 Å². The van der Waals surface area contributed by atoms with Crippen molar-refractivity contribution in [2.24, 2.45) is 22.2 Å². The van der Waals surface area contributed by atoms with Gasteiger partial charge in [-0.2, -0.15) is 4.90 Å². The second-order valence-electron chi connectivity index (χ2n) is 8.67. The Bertz CT molecular complexity index is 542. The average Bonchev–Trinajstić information content (AvgIpc) is 2.93. The number of ketones is 1. The summed E-state index contributed by atoms with van der Waals surface area (Å²) in [6.45, 7) is 11.1. The van der Waals surface area contributed by atoms with E-state index in [9.17, 15) is 24.6 Å². The molecule has 0 saturated heterocycles. The van der Waals surface area contributed by atoms with Crippen molar-refractivity contribution in [2.45, 2.75) is 59.9 Å². The standard InChI is InChI=1S/C16H25NO5/c1-13(2,3)15-7-9(15)8-16(10(15)18,14(4,5)6)17(11(19)20)12(21)22/h9H,7-8H2,1-6H3,(H,19,20)(H,21,22). The van der Waals surface area contributed by atoms with Crippen LogP contribution >= 0.6 is 0 Å². The molecule has 2 N–H and O–H groups in total. The number of fused-ring (bicyclic) bond motifs is 1. The van der Waals surface area contributed by atoms with Crippen molar-refractivity contribution >= 4 is 18.0 Å². The second-order valence-corrected chi connectivity index (χ2v) is 8.67. The van der Waals surface area contributed by atoms with Gasteiger partial charge in [0.05, 0.1) is 0 Å². The Morgan fingerprint density at radius 3 is 1.73 bits per heavy atom. The zero-order valence-electron chi connectivity index (χ0n) is 14.1. The van der Waals surface area contributed by atoms with Crippen LogP contribution in [0.5, 0.6) is 0 Å². The van der Waals surface area contributed by atoms with Crippen LogP contribution in [0, 0.1) is 22.2 Å². The Labute approximate surface area is 130 Å². The van der Waals surface area contributed by atoms with E-state index in [-0.39, 0.29) is 23.5 Å². The molecular formula is C16H25NO5. The molecule has 6 nitrogen and oxygen atoms in total. The van der Waals surface area contributed by atoms with Gasteiger partial charge in [-0.05, 0) is 29.6 Å². The summed E-state index contributed by atoms with van der Waals surface area (Å²) < 4.78 is 0. The van der Waals surface area contributed by atoms with Gasteiger partial charge in [-0.1, -0.05) is 41.5 Å². The Balaban J connectivity index is 2.64. The lowest BCUT2D eigenvalue weighted by atomic mass is 9.64. The van der Waals surface area contributed by atoms with Crippen LogP contribution in [0.25, 0.3) is 0 Å². The third-order valence-corrected chi connectivity index (χ3v) is 5.77. The molecule has 2 rings (SSSR count). The SMILES string of the molecule is CC(C)(C)C12CC1CC(N(C(=O)O)C(=O)O)(C(C)(C)C)C2=O. The van der Waals surface area contributed by atoms with Crippen LogP contribution in [0.3, 0.4) is 0 Å². The number of carbonyl (C=O) groups excluding carboxylic acids is 1. The Kier molecular flexibility index (Phi) is 3.23. The summed E-state index contributed by atoms with van der Waals surface area (Å²) >= 11 is 0. The molecule has 0 aromatic heterocycles. The minimum absolute atomic E-state index is 0.0559. The summed E-state index contributed by atoms with van der Waals surface area (Å²) in [5, 5.41) is 18.9. The molecule has 0 radical (unpaired) electrons. The van der Waals surface area contributed by atoms with E-state index in [1.807, 2.05) is 20.8 Å². The van der Waals surface area contributed by atoms with Gasteiger partial charge in [0.1, 0.15) is 5.54 Å². The first kappa shape index (κ1) is 16.8. The molecule has 22 heavy (non-hydrogen) atoms. The molecule has 0 aromatic rings. The van der Waals surface area contributed by atoms with E-state index < -0.39 is 28.6 Å². The van der Waals surface area contributed by atoms with Gasteiger partial charge in [0.25, 0.3) is 0 Å². The molecule has 2 amide bonds. The highest BCUT2D eigenvalue weighted by Crippen LogP contribution is 2.74. The summed E-state index contributed by atoms with van der Waals surface area (Å²) in [5.41, 5.74) is -3.23. The van der Waals surface area contributed by atoms with E-state index >= 15 is 0 Å². The molecule has 124 valence electrons. The molecule has 0 spiro atoms. The minimum atomic E-state index is -1.58. The average molecular weight is 311 g/mol. The van der Waals surface area contributed by atoms with Gasteiger partial charge >= 0.3 is 12.2 Å². The van der Waals surface area contributed by atoms with Crippen molar-refractivity contribution in [2.75, 3.05) is 0 Å². The number of amides is 2. The number of imide groups is 1. The molecule has 3 unspecified atom stereocenters. The first-order chi connectivity index (χ1) is 9.73. The normalized spacial score (nSPS) is 34.3.